The van der Waals surface area contributed by atoms with E-state index >= 15 is 0 Å². The molecule has 0 saturated carbocycles. The smallest absolute Gasteiger partial charge is 0.127 e. The first-order chi connectivity index (χ1) is 9.56. The van der Waals surface area contributed by atoms with Crippen molar-refractivity contribution in [2.75, 3.05) is 7.11 Å². The summed E-state index contributed by atoms with van der Waals surface area (Å²) in [6, 6.07) is 9.83. The van der Waals surface area contributed by atoms with Gasteiger partial charge in [0.1, 0.15) is 5.82 Å². The lowest BCUT2D eigenvalue weighted by Gasteiger charge is -2.11. The predicted molar refractivity (Wildman–Crippen MR) is 85.4 cm³/mol. The van der Waals surface area contributed by atoms with E-state index in [1.54, 1.807) is 13.2 Å². The van der Waals surface area contributed by atoms with E-state index in [0.717, 1.165) is 27.8 Å². The van der Waals surface area contributed by atoms with Crippen molar-refractivity contribution in [3.05, 3.63) is 58.4 Å². The Labute approximate surface area is 122 Å². The lowest BCUT2D eigenvalue weighted by molar-refractivity contribution is 0.184. The van der Waals surface area contributed by atoms with Crippen LogP contribution in [0.4, 0.5) is 4.39 Å². The fourth-order valence-corrected chi connectivity index (χ4v) is 2.88. The van der Waals surface area contributed by atoms with Gasteiger partial charge in [-0.25, -0.2) is 4.39 Å². The molecular weight excluding hydrogens is 270 g/mol. The second-order valence-corrected chi connectivity index (χ2v) is 5.44. The third-order valence-corrected chi connectivity index (χ3v) is 4.01. The van der Waals surface area contributed by atoms with Crippen molar-refractivity contribution in [3.63, 3.8) is 0 Å². The molecule has 2 aromatic carbocycles. The first-order valence-corrected chi connectivity index (χ1v) is 7.46. The Hall–Kier alpha value is -1.24. The molecule has 3 heteroatoms. The quantitative estimate of drug-likeness (QED) is 0.746. The van der Waals surface area contributed by atoms with Crippen LogP contribution in [0.25, 0.3) is 11.1 Å². The van der Waals surface area contributed by atoms with Crippen LogP contribution < -0.4 is 0 Å². The summed E-state index contributed by atoms with van der Waals surface area (Å²) in [6.45, 7) is 4.59. The Morgan fingerprint density at radius 1 is 1.05 bits per heavy atom. The zero-order valence-corrected chi connectivity index (χ0v) is 13.3. The summed E-state index contributed by atoms with van der Waals surface area (Å²) in [5, 5.41) is 0. The summed E-state index contributed by atoms with van der Waals surface area (Å²) in [7, 11) is 4.26. The molecule has 106 valence electrons. The highest BCUT2D eigenvalue weighted by molar-refractivity contribution is 7.15. The first-order valence-electron chi connectivity index (χ1n) is 6.64. The Morgan fingerprint density at radius 2 is 1.80 bits per heavy atom. The Bertz CT molecular complexity index is 599. The van der Waals surface area contributed by atoms with E-state index in [-0.39, 0.29) is 5.82 Å². The number of halogens is 1. The molecule has 0 N–H and O–H groups in total. The van der Waals surface area contributed by atoms with E-state index < -0.39 is 0 Å². The maximum atomic E-state index is 14.1. The van der Waals surface area contributed by atoms with Crippen LogP contribution in [0.15, 0.2) is 30.3 Å². The van der Waals surface area contributed by atoms with Crippen LogP contribution in [0.2, 0.25) is 0 Å². The molecule has 0 aliphatic heterocycles. The zero-order chi connectivity index (χ0) is 14.7. The monoisotopic (exact) mass is 290 g/mol. The number of benzene rings is 2. The molecular formula is C17H20FOP. The lowest BCUT2D eigenvalue weighted by Crippen LogP contribution is -1.95. The third-order valence-electron chi connectivity index (χ3n) is 3.60. The number of rotatable bonds is 4. The van der Waals surface area contributed by atoms with Gasteiger partial charge in [-0.15, -0.1) is 9.24 Å². The number of hydrogen-bond donors (Lipinski definition) is 0. The minimum absolute atomic E-state index is 0.135. The van der Waals surface area contributed by atoms with Crippen LogP contribution in [0.3, 0.4) is 0 Å². The fourth-order valence-electron chi connectivity index (χ4n) is 2.36. The van der Waals surface area contributed by atoms with Gasteiger partial charge < -0.3 is 4.74 Å². The normalized spacial score (nSPS) is 10.8. The summed E-state index contributed by atoms with van der Waals surface area (Å²) in [6.07, 6.45) is 0.640. The fraction of sp³-hybridized carbons (Fsp3) is 0.294. The molecule has 0 spiro atoms. The van der Waals surface area contributed by atoms with Gasteiger partial charge in [0.25, 0.3) is 0 Å². The van der Waals surface area contributed by atoms with Gasteiger partial charge in [-0.05, 0) is 65.5 Å². The van der Waals surface area contributed by atoms with Crippen LogP contribution in [0, 0.1) is 19.7 Å². The first kappa shape index (κ1) is 15.2. The highest BCUT2D eigenvalue weighted by Gasteiger charge is 2.09. The summed E-state index contributed by atoms with van der Waals surface area (Å²) in [4.78, 5) is 0. The average molecular weight is 290 g/mol. The SMILES string of the molecule is COCc1cc(-c2cc(C)c(CP)c(F)c2)ccc1C. The van der Waals surface area contributed by atoms with Crippen molar-refractivity contribution in [1.29, 1.82) is 0 Å². The molecule has 2 aromatic rings. The van der Waals surface area contributed by atoms with Crippen LogP contribution in [0.5, 0.6) is 0 Å². The molecule has 0 heterocycles. The number of aryl methyl sites for hydroxylation is 2. The molecule has 20 heavy (non-hydrogen) atoms. The average Bonchev–Trinajstić information content (AvgIpc) is 2.41. The molecule has 2 rings (SSSR count). The van der Waals surface area contributed by atoms with Crippen LogP contribution in [0.1, 0.15) is 22.3 Å². The molecule has 0 saturated heterocycles. The van der Waals surface area contributed by atoms with Crippen molar-refractivity contribution in [1.82, 2.24) is 0 Å². The predicted octanol–water partition coefficient (Wildman–Crippen LogP) is 4.63. The number of ether oxygens (including phenoxy) is 1. The minimum atomic E-state index is -0.135. The van der Waals surface area contributed by atoms with Gasteiger partial charge >= 0.3 is 0 Å². The zero-order valence-electron chi connectivity index (χ0n) is 12.2. The van der Waals surface area contributed by atoms with Gasteiger partial charge in [-0.2, -0.15) is 0 Å². The van der Waals surface area contributed by atoms with Crippen molar-refractivity contribution < 1.29 is 9.13 Å². The Kier molecular flexibility index (Phi) is 4.91. The lowest BCUT2D eigenvalue weighted by atomic mass is 9.97. The molecule has 1 nitrogen and oxygen atoms in total. The molecule has 1 unspecified atom stereocenters. The topological polar surface area (TPSA) is 9.23 Å². The molecule has 0 aromatic heterocycles. The molecule has 0 aliphatic carbocycles. The highest BCUT2D eigenvalue weighted by atomic mass is 31.0. The van der Waals surface area contributed by atoms with Crippen molar-refractivity contribution >= 4 is 9.24 Å². The summed E-state index contributed by atoms with van der Waals surface area (Å²) in [5.41, 5.74) is 6.03. The van der Waals surface area contributed by atoms with Crippen molar-refractivity contribution in [3.8, 4) is 11.1 Å². The largest absolute Gasteiger partial charge is 0.380 e. The number of methoxy groups -OCH3 is 1. The second-order valence-electron chi connectivity index (χ2n) is 5.03. The summed E-state index contributed by atoms with van der Waals surface area (Å²) >= 11 is 0. The van der Waals surface area contributed by atoms with Crippen LogP contribution in [-0.4, -0.2) is 7.11 Å². The van der Waals surface area contributed by atoms with E-state index in [0.29, 0.717) is 12.8 Å². The molecule has 0 fully saturated rings. The summed E-state index contributed by atoms with van der Waals surface area (Å²) in [5.74, 6) is -0.135. The summed E-state index contributed by atoms with van der Waals surface area (Å²) < 4.78 is 19.3. The van der Waals surface area contributed by atoms with Crippen molar-refractivity contribution in [2.24, 2.45) is 0 Å². The minimum Gasteiger partial charge on any atom is -0.380 e. The Morgan fingerprint density at radius 3 is 2.40 bits per heavy atom. The maximum Gasteiger partial charge on any atom is 0.127 e. The van der Waals surface area contributed by atoms with Gasteiger partial charge in [0, 0.05) is 7.11 Å². The molecule has 0 radical (unpaired) electrons. The van der Waals surface area contributed by atoms with Gasteiger partial charge in [-0.3, -0.25) is 0 Å². The Balaban J connectivity index is 2.49. The van der Waals surface area contributed by atoms with E-state index in [1.807, 2.05) is 19.1 Å². The number of hydrogen-bond acceptors (Lipinski definition) is 1. The highest BCUT2D eigenvalue weighted by Crippen LogP contribution is 2.27. The van der Waals surface area contributed by atoms with Gasteiger partial charge in [0.15, 0.2) is 0 Å². The van der Waals surface area contributed by atoms with E-state index in [4.69, 9.17) is 4.74 Å². The maximum absolute atomic E-state index is 14.1. The van der Waals surface area contributed by atoms with Gasteiger partial charge in [-0.1, -0.05) is 18.2 Å². The van der Waals surface area contributed by atoms with E-state index in [9.17, 15) is 4.39 Å². The molecule has 0 aliphatic rings. The third kappa shape index (κ3) is 3.08. The van der Waals surface area contributed by atoms with E-state index in [1.165, 1.54) is 5.56 Å². The molecule has 1 atom stereocenters. The van der Waals surface area contributed by atoms with Crippen molar-refractivity contribution in [2.45, 2.75) is 26.6 Å². The molecule has 0 amide bonds. The van der Waals surface area contributed by atoms with Crippen LogP contribution in [-0.2, 0) is 17.5 Å². The van der Waals surface area contributed by atoms with Crippen LogP contribution >= 0.6 is 9.24 Å². The standard InChI is InChI=1S/C17H20FOP/c1-11-4-5-13(7-15(11)9-19-3)14-6-12(2)16(10-20)17(18)8-14/h4-8H,9-10,20H2,1-3H3. The van der Waals surface area contributed by atoms with Gasteiger partial charge in [0.2, 0.25) is 0 Å². The molecule has 0 bridgehead atoms. The van der Waals surface area contributed by atoms with Gasteiger partial charge in [0.05, 0.1) is 6.61 Å². The second kappa shape index (κ2) is 6.47. The van der Waals surface area contributed by atoms with E-state index in [2.05, 4.69) is 28.3 Å².